The van der Waals surface area contributed by atoms with Crippen molar-refractivity contribution in [2.75, 3.05) is 0 Å². The van der Waals surface area contributed by atoms with Gasteiger partial charge in [0.25, 0.3) is 0 Å². The molecule has 40 heavy (non-hydrogen) atoms. The lowest BCUT2D eigenvalue weighted by atomic mass is 10.1. The zero-order chi connectivity index (χ0) is 27.1. The number of halogens is 1. The Bertz CT molecular complexity index is 1970. The van der Waals surface area contributed by atoms with Gasteiger partial charge < -0.3 is 10.3 Å². The number of imidazole rings is 1. The predicted molar refractivity (Wildman–Crippen MR) is 155 cm³/mol. The van der Waals surface area contributed by atoms with E-state index in [0.29, 0.717) is 34.8 Å². The summed E-state index contributed by atoms with van der Waals surface area (Å²) in [5.74, 6) is 0.00744. The molecule has 7 aromatic rings. The van der Waals surface area contributed by atoms with Crippen molar-refractivity contribution in [3.63, 3.8) is 0 Å². The lowest BCUT2D eigenvalue weighted by molar-refractivity contribution is 0.642. The van der Waals surface area contributed by atoms with Crippen LogP contribution in [0.2, 0.25) is 0 Å². The number of pyridine rings is 3. The number of nitrogens with zero attached hydrogens (tertiary/aromatic N) is 5. The van der Waals surface area contributed by atoms with Gasteiger partial charge in [0, 0.05) is 64.3 Å². The molecule has 0 aliphatic carbocycles. The van der Waals surface area contributed by atoms with E-state index in [1.807, 2.05) is 30.3 Å². The van der Waals surface area contributed by atoms with E-state index in [4.69, 9.17) is 0 Å². The number of aromatic amines is 2. The van der Waals surface area contributed by atoms with E-state index in [1.54, 1.807) is 29.9 Å². The minimum absolute atomic E-state index is 0.262. The fourth-order valence-corrected chi connectivity index (χ4v) is 5.72. The molecular weight excluding hydrogens is 523 g/mol. The first-order valence-electron chi connectivity index (χ1n) is 12.8. The SMILES string of the molecule is Cc1ccc(-c2ccnc3nc(-c4[nH]nc5ncc(-c6cncc(CNCc7ccccc7)c6)c(F)c45)[nH]c23)s1. The smallest absolute Gasteiger partial charge is 0.184 e. The topological polar surface area (TPSA) is 108 Å². The number of rotatable bonds is 7. The molecule has 0 saturated carbocycles. The minimum atomic E-state index is -0.438. The van der Waals surface area contributed by atoms with Crippen LogP contribution < -0.4 is 5.32 Å². The van der Waals surface area contributed by atoms with E-state index in [-0.39, 0.29) is 11.0 Å². The molecular formula is C30H23FN8S. The van der Waals surface area contributed by atoms with Gasteiger partial charge in [0.15, 0.2) is 17.1 Å². The van der Waals surface area contributed by atoms with Gasteiger partial charge in [-0.25, -0.2) is 19.3 Å². The van der Waals surface area contributed by atoms with Crippen molar-refractivity contribution in [2.24, 2.45) is 0 Å². The van der Waals surface area contributed by atoms with Crippen LogP contribution in [0.15, 0.2) is 79.4 Å². The number of fused-ring (bicyclic) bond motifs is 2. The third-order valence-corrected chi connectivity index (χ3v) is 7.79. The van der Waals surface area contributed by atoms with Gasteiger partial charge >= 0.3 is 0 Å². The van der Waals surface area contributed by atoms with E-state index >= 15 is 4.39 Å². The molecule has 0 amide bonds. The van der Waals surface area contributed by atoms with Gasteiger partial charge in [0.1, 0.15) is 11.5 Å². The molecule has 8 nitrogen and oxygen atoms in total. The van der Waals surface area contributed by atoms with E-state index in [1.165, 1.54) is 16.6 Å². The van der Waals surface area contributed by atoms with Crippen molar-refractivity contribution < 1.29 is 4.39 Å². The van der Waals surface area contributed by atoms with Gasteiger partial charge in [-0.1, -0.05) is 30.3 Å². The predicted octanol–water partition coefficient (Wildman–Crippen LogP) is 6.42. The van der Waals surface area contributed by atoms with Crippen molar-refractivity contribution in [1.29, 1.82) is 0 Å². The normalized spacial score (nSPS) is 11.6. The Hall–Kier alpha value is -4.80. The van der Waals surface area contributed by atoms with Crippen LogP contribution in [-0.4, -0.2) is 35.1 Å². The second-order valence-corrected chi connectivity index (χ2v) is 10.8. The Labute approximate surface area is 232 Å². The van der Waals surface area contributed by atoms with E-state index < -0.39 is 5.82 Å². The summed E-state index contributed by atoms with van der Waals surface area (Å²) < 4.78 is 16.1. The highest BCUT2D eigenvalue weighted by Gasteiger charge is 2.21. The third kappa shape index (κ3) is 4.42. The highest BCUT2D eigenvalue weighted by molar-refractivity contribution is 7.15. The molecule has 0 saturated heterocycles. The van der Waals surface area contributed by atoms with Crippen molar-refractivity contribution in [2.45, 2.75) is 20.0 Å². The van der Waals surface area contributed by atoms with Crippen LogP contribution in [0.1, 0.15) is 16.0 Å². The number of aryl methyl sites for hydroxylation is 1. The number of aromatic nitrogens is 7. The van der Waals surface area contributed by atoms with Gasteiger partial charge in [-0.15, -0.1) is 11.3 Å². The highest BCUT2D eigenvalue weighted by Crippen LogP contribution is 2.35. The van der Waals surface area contributed by atoms with Crippen molar-refractivity contribution in [3.05, 3.63) is 101 Å². The van der Waals surface area contributed by atoms with Gasteiger partial charge in [-0.2, -0.15) is 5.10 Å². The fraction of sp³-hybridized carbons (Fsp3) is 0.100. The first kappa shape index (κ1) is 24.3. The molecule has 0 atom stereocenters. The maximum absolute atomic E-state index is 16.1. The van der Waals surface area contributed by atoms with Gasteiger partial charge in [0.05, 0.1) is 10.9 Å². The van der Waals surface area contributed by atoms with Crippen LogP contribution in [0.5, 0.6) is 0 Å². The monoisotopic (exact) mass is 546 g/mol. The standard InChI is InChI=1S/C30H23FN8S/c1-17-7-8-23(40-17)21-9-10-34-29-26(21)36-30(37-29)27-24-25(31)22(16-35-28(24)39-38-27)20-11-19(14-33-15-20)13-32-12-18-5-3-2-4-6-18/h2-11,14-16,32H,12-13H2,1H3,(H,34,36,37)(H,35,38,39). The Kier molecular flexibility index (Phi) is 6.10. The summed E-state index contributed by atoms with van der Waals surface area (Å²) in [5.41, 5.74) is 6.13. The Morgan fingerprint density at radius 3 is 2.62 bits per heavy atom. The van der Waals surface area contributed by atoms with Gasteiger partial charge in [-0.3, -0.25) is 10.1 Å². The molecule has 0 radical (unpaired) electrons. The Morgan fingerprint density at radius 1 is 0.900 bits per heavy atom. The van der Waals surface area contributed by atoms with Crippen LogP contribution in [0.25, 0.3) is 55.3 Å². The molecule has 0 fully saturated rings. The maximum Gasteiger partial charge on any atom is 0.184 e. The summed E-state index contributed by atoms with van der Waals surface area (Å²) >= 11 is 1.70. The summed E-state index contributed by atoms with van der Waals surface area (Å²) in [6.07, 6.45) is 6.66. The van der Waals surface area contributed by atoms with Gasteiger partial charge in [0.2, 0.25) is 0 Å². The average molecular weight is 547 g/mol. The lowest BCUT2D eigenvalue weighted by Crippen LogP contribution is -2.12. The molecule has 0 bridgehead atoms. The zero-order valence-corrected chi connectivity index (χ0v) is 22.3. The summed E-state index contributed by atoms with van der Waals surface area (Å²) in [5, 5.41) is 10.9. The lowest BCUT2D eigenvalue weighted by Gasteiger charge is -2.08. The van der Waals surface area contributed by atoms with Crippen LogP contribution in [0, 0.1) is 12.7 Å². The number of hydrogen-bond acceptors (Lipinski definition) is 7. The number of nitrogens with one attached hydrogen (secondary N) is 3. The molecule has 1 aromatic carbocycles. The number of hydrogen-bond donors (Lipinski definition) is 3. The average Bonchev–Trinajstić information content (AvgIpc) is 3.72. The van der Waals surface area contributed by atoms with E-state index in [0.717, 1.165) is 28.1 Å². The number of benzene rings is 1. The molecule has 6 aromatic heterocycles. The summed E-state index contributed by atoms with van der Waals surface area (Å²) in [4.78, 5) is 23.6. The summed E-state index contributed by atoms with van der Waals surface area (Å²) in [6, 6.07) is 18.2. The molecule has 196 valence electrons. The molecule has 6 heterocycles. The summed E-state index contributed by atoms with van der Waals surface area (Å²) in [7, 11) is 0. The van der Waals surface area contributed by atoms with Crippen molar-refractivity contribution in [1.82, 2.24) is 40.4 Å². The van der Waals surface area contributed by atoms with Crippen LogP contribution in [0.4, 0.5) is 4.39 Å². The van der Waals surface area contributed by atoms with Crippen molar-refractivity contribution in [3.8, 4) is 33.1 Å². The highest BCUT2D eigenvalue weighted by atomic mass is 32.1. The molecule has 7 rings (SSSR count). The minimum Gasteiger partial charge on any atom is -0.335 e. The molecule has 3 N–H and O–H groups in total. The third-order valence-electron chi connectivity index (χ3n) is 6.76. The second-order valence-electron chi connectivity index (χ2n) is 9.51. The van der Waals surface area contributed by atoms with Gasteiger partial charge in [-0.05, 0) is 42.3 Å². The summed E-state index contributed by atoms with van der Waals surface area (Å²) in [6.45, 7) is 3.40. The largest absolute Gasteiger partial charge is 0.335 e. The van der Waals surface area contributed by atoms with Crippen molar-refractivity contribution >= 4 is 33.5 Å². The zero-order valence-electron chi connectivity index (χ0n) is 21.4. The fourth-order valence-electron chi connectivity index (χ4n) is 4.82. The quantitative estimate of drug-likeness (QED) is 0.213. The maximum atomic E-state index is 16.1. The Morgan fingerprint density at radius 2 is 1.77 bits per heavy atom. The molecule has 10 heteroatoms. The van der Waals surface area contributed by atoms with Crippen LogP contribution in [-0.2, 0) is 13.1 Å². The first-order chi connectivity index (χ1) is 19.6. The first-order valence-corrected chi connectivity index (χ1v) is 13.6. The molecule has 0 aliphatic rings. The molecule has 0 unspecified atom stereocenters. The van der Waals surface area contributed by atoms with Crippen LogP contribution >= 0.6 is 11.3 Å². The second kappa shape index (κ2) is 10.1. The molecule has 0 spiro atoms. The molecule has 0 aliphatic heterocycles. The van der Waals surface area contributed by atoms with E-state index in [9.17, 15) is 0 Å². The van der Waals surface area contributed by atoms with Crippen LogP contribution in [0.3, 0.4) is 0 Å². The van der Waals surface area contributed by atoms with E-state index in [2.05, 4.69) is 71.6 Å². The number of H-pyrrole nitrogens is 2. The Balaban J connectivity index is 1.23. The number of thiophene rings is 1.